The van der Waals surface area contributed by atoms with Gasteiger partial charge in [-0.2, -0.15) is 0 Å². The van der Waals surface area contributed by atoms with Gasteiger partial charge < -0.3 is 10.4 Å². The van der Waals surface area contributed by atoms with E-state index in [1.807, 2.05) is 13.0 Å². The smallest absolute Gasteiger partial charge is 0.335 e. The van der Waals surface area contributed by atoms with E-state index in [9.17, 15) is 9.59 Å². The number of aromatic carboxylic acids is 1. The zero-order chi connectivity index (χ0) is 15.2. The van der Waals surface area contributed by atoms with Gasteiger partial charge in [0.15, 0.2) is 0 Å². The Morgan fingerprint density at radius 2 is 1.90 bits per heavy atom. The number of hydrogen-bond acceptors (Lipinski definition) is 3. The number of aromatic nitrogens is 1. The van der Waals surface area contributed by atoms with E-state index >= 15 is 0 Å². The highest BCUT2D eigenvalue weighted by atomic mass is 16.4. The summed E-state index contributed by atoms with van der Waals surface area (Å²) in [6, 6.07) is 10.2. The minimum atomic E-state index is -0.944. The molecule has 0 aliphatic carbocycles. The van der Waals surface area contributed by atoms with Crippen LogP contribution in [0, 0.1) is 6.92 Å². The van der Waals surface area contributed by atoms with Crippen LogP contribution in [0.4, 0.5) is 0 Å². The number of nitrogens with zero attached hydrogens (tertiary/aromatic N) is 1. The van der Waals surface area contributed by atoms with Gasteiger partial charge >= 0.3 is 5.97 Å². The van der Waals surface area contributed by atoms with E-state index in [2.05, 4.69) is 10.3 Å². The van der Waals surface area contributed by atoms with Gasteiger partial charge in [-0.25, -0.2) is 4.79 Å². The molecule has 0 aliphatic rings. The van der Waals surface area contributed by atoms with Crippen molar-refractivity contribution >= 4 is 11.9 Å². The van der Waals surface area contributed by atoms with Crippen LogP contribution in [0.1, 0.15) is 32.0 Å². The number of aryl methyl sites for hydroxylation is 1. The summed E-state index contributed by atoms with van der Waals surface area (Å²) in [4.78, 5) is 26.7. The number of carboxylic acid groups (broad SMARTS) is 1. The van der Waals surface area contributed by atoms with Gasteiger partial charge in [-0.05, 0) is 42.7 Å². The fourth-order valence-corrected chi connectivity index (χ4v) is 1.94. The van der Waals surface area contributed by atoms with Crippen molar-refractivity contribution in [3.05, 3.63) is 65.0 Å². The third-order valence-corrected chi connectivity index (χ3v) is 3.12. The number of pyridine rings is 1. The Labute approximate surface area is 122 Å². The van der Waals surface area contributed by atoms with Crippen LogP contribution >= 0.6 is 0 Å². The summed E-state index contributed by atoms with van der Waals surface area (Å²) < 4.78 is 0. The molecule has 2 rings (SSSR count). The molecule has 1 aromatic carbocycles. The lowest BCUT2D eigenvalue weighted by atomic mass is 10.1. The summed E-state index contributed by atoms with van der Waals surface area (Å²) in [5.74, 6) is -1.14. The zero-order valence-corrected chi connectivity index (χ0v) is 11.7. The quantitative estimate of drug-likeness (QED) is 0.880. The number of hydrogen-bond donors (Lipinski definition) is 2. The highest BCUT2D eigenvalue weighted by molar-refractivity contribution is 5.93. The van der Waals surface area contributed by atoms with Crippen LogP contribution in [0.5, 0.6) is 0 Å². The molecule has 2 N–H and O–H groups in total. The molecule has 5 heteroatoms. The van der Waals surface area contributed by atoms with Gasteiger partial charge in [0.05, 0.1) is 5.56 Å². The predicted octanol–water partition coefficient (Wildman–Crippen LogP) is 2.06. The Hall–Kier alpha value is -2.69. The Balaban J connectivity index is 1.88. The molecule has 0 atom stereocenters. The molecule has 21 heavy (non-hydrogen) atoms. The first-order valence-electron chi connectivity index (χ1n) is 6.60. The monoisotopic (exact) mass is 284 g/mol. The van der Waals surface area contributed by atoms with Crippen molar-refractivity contribution < 1.29 is 14.7 Å². The summed E-state index contributed by atoms with van der Waals surface area (Å²) in [6.07, 6.45) is 2.23. The molecule has 0 aliphatic heterocycles. The molecule has 0 bridgehead atoms. The average molecular weight is 284 g/mol. The van der Waals surface area contributed by atoms with Crippen LogP contribution in [0.25, 0.3) is 0 Å². The fraction of sp³-hybridized carbons (Fsp3) is 0.188. The summed E-state index contributed by atoms with van der Waals surface area (Å²) in [7, 11) is 0. The molecule has 0 unspecified atom stereocenters. The molecule has 0 fully saturated rings. The summed E-state index contributed by atoms with van der Waals surface area (Å²) in [5, 5.41) is 11.6. The Kier molecular flexibility index (Phi) is 4.66. The lowest BCUT2D eigenvalue weighted by molar-refractivity contribution is 0.0696. The number of rotatable bonds is 5. The summed E-state index contributed by atoms with van der Waals surface area (Å²) >= 11 is 0. The maximum absolute atomic E-state index is 11.9. The molecule has 5 nitrogen and oxygen atoms in total. The van der Waals surface area contributed by atoms with Crippen LogP contribution < -0.4 is 5.32 Å². The van der Waals surface area contributed by atoms with Crippen LogP contribution in [-0.4, -0.2) is 28.5 Å². The van der Waals surface area contributed by atoms with Crippen molar-refractivity contribution in [1.29, 1.82) is 0 Å². The molecule has 1 aromatic heterocycles. The third kappa shape index (κ3) is 3.89. The number of nitrogens with one attached hydrogen (secondary N) is 1. The maximum atomic E-state index is 11.9. The fourth-order valence-electron chi connectivity index (χ4n) is 1.94. The van der Waals surface area contributed by atoms with Crippen LogP contribution in [-0.2, 0) is 6.42 Å². The van der Waals surface area contributed by atoms with Gasteiger partial charge in [0.25, 0.3) is 5.91 Å². The van der Waals surface area contributed by atoms with Crippen molar-refractivity contribution in [2.45, 2.75) is 13.3 Å². The first kappa shape index (κ1) is 14.7. The van der Waals surface area contributed by atoms with Crippen molar-refractivity contribution in [1.82, 2.24) is 10.3 Å². The van der Waals surface area contributed by atoms with Crippen molar-refractivity contribution in [2.75, 3.05) is 6.54 Å². The number of benzene rings is 1. The van der Waals surface area contributed by atoms with Gasteiger partial charge in [0.1, 0.15) is 5.69 Å². The molecule has 108 valence electrons. The van der Waals surface area contributed by atoms with Crippen LogP contribution in [0.15, 0.2) is 42.6 Å². The maximum Gasteiger partial charge on any atom is 0.335 e. The Morgan fingerprint density at radius 3 is 2.52 bits per heavy atom. The molecule has 0 saturated carbocycles. The first-order valence-corrected chi connectivity index (χ1v) is 6.60. The lowest BCUT2D eigenvalue weighted by Gasteiger charge is -2.07. The van der Waals surface area contributed by atoms with Gasteiger partial charge in [0, 0.05) is 12.7 Å². The third-order valence-electron chi connectivity index (χ3n) is 3.12. The van der Waals surface area contributed by atoms with Gasteiger partial charge in [-0.3, -0.25) is 9.78 Å². The molecule has 1 amide bonds. The van der Waals surface area contributed by atoms with E-state index in [1.54, 1.807) is 36.5 Å². The molecule has 1 heterocycles. The Morgan fingerprint density at radius 1 is 1.19 bits per heavy atom. The number of carbonyl (C=O) groups excluding carboxylic acids is 1. The number of carbonyl (C=O) groups is 2. The highest BCUT2D eigenvalue weighted by Crippen LogP contribution is 2.06. The van der Waals surface area contributed by atoms with E-state index in [-0.39, 0.29) is 11.5 Å². The van der Waals surface area contributed by atoms with Crippen molar-refractivity contribution in [3.63, 3.8) is 0 Å². The minimum Gasteiger partial charge on any atom is -0.478 e. The van der Waals surface area contributed by atoms with Crippen molar-refractivity contribution in [3.8, 4) is 0 Å². The first-order chi connectivity index (χ1) is 10.1. The SMILES string of the molecule is Cc1cccnc1C(=O)NCCc1ccc(C(=O)O)cc1. The van der Waals surface area contributed by atoms with Gasteiger partial charge in [0.2, 0.25) is 0 Å². The van der Waals surface area contributed by atoms with E-state index in [1.165, 1.54) is 0 Å². The van der Waals surface area contributed by atoms with Crippen LogP contribution in [0.2, 0.25) is 0 Å². The number of carboxylic acids is 1. The van der Waals surface area contributed by atoms with Crippen LogP contribution in [0.3, 0.4) is 0 Å². The second kappa shape index (κ2) is 6.65. The molecular weight excluding hydrogens is 268 g/mol. The van der Waals surface area contributed by atoms with Crippen molar-refractivity contribution in [2.24, 2.45) is 0 Å². The topological polar surface area (TPSA) is 79.3 Å². The molecule has 2 aromatic rings. The zero-order valence-electron chi connectivity index (χ0n) is 11.7. The largest absolute Gasteiger partial charge is 0.478 e. The highest BCUT2D eigenvalue weighted by Gasteiger charge is 2.09. The van der Waals surface area contributed by atoms with E-state index in [0.29, 0.717) is 18.7 Å². The summed E-state index contributed by atoms with van der Waals surface area (Å²) in [6.45, 7) is 2.31. The normalized spacial score (nSPS) is 10.1. The van der Waals surface area contributed by atoms with E-state index < -0.39 is 5.97 Å². The summed E-state index contributed by atoms with van der Waals surface area (Å²) in [5.41, 5.74) is 2.49. The van der Waals surface area contributed by atoms with E-state index in [0.717, 1.165) is 11.1 Å². The molecule has 0 radical (unpaired) electrons. The van der Waals surface area contributed by atoms with Gasteiger partial charge in [-0.15, -0.1) is 0 Å². The molecular formula is C16H16N2O3. The average Bonchev–Trinajstić information content (AvgIpc) is 2.48. The predicted molar refractivity (Wildman–Crippen MR) is 78.4 cm³/mol. The minimum absolute atomic E-state index is 0.199. The van der Waals surface area contributed by atoms with E-state index in [4.69, 9.17) is 5.11 Å². The second-order valence-electron chi connectivity index (χ2n) is 4.68. The second-order valence-corrected chi connectivity index (χ2v) is 4.68. The lowest BCUT2D eigenvalue weighted by Crippen LogP contribution is -2.27. The molecule has 0 saturated heterocycles. The molecule has 0 spiro atoms. The number of amides is 1. The van der Waals surface area contributed by atoms with Gasteiger partial charge in [-0.1, -0.05) is 18.2 Å². The Bertz CT molecular complexity index is 651. The standard InChI is InChI=1S/C16H16N2O3/c1-11-3-2-9-17-14(11)15(19)18-10-8-12-4-6-13(7-5-12)16(20)21/h2-7,9H,8,10H2,1H3,(H,18,19)(H,20,21).